The van der Waals surface area contributed by atoms with Crippen LogP contribution in [0.4, 0.5) is 0 Å². The molecular weight excluding hydrogens is 364 g/mol. The molecule has 0 amide bonds. The lowest BCUT2D eigenvalue weighted by molar-refractivity contribution is 1.02. The molecule has 0 N–H and O–H groups in total. The van der Waals surface area contributed by atoms with Crippen LogP contribution in [0.25, 0.3) is 49.4 Å². The molecule has 0 atom stereocenters. The molecule has 6 rings (SSSR count). The molecule has 0 aliphatic rings. The Morgan fingerprint density at radius 1 is 0.633 bits per heavy atom. The summed E-state index contributed by atoms with van der Waals surface area (Å²) in [5, 5.41) is 4.13. The maximum atomic E-state index is 8.24. The highest BCUT2D eigenvalue weighted by molar-refractivity contribution is 6.18. The summed E-state index contributed by atoms with van der Waals surface area (Å²) in [6, 6.07) is 34.4. The van der Waals surface area contributed by atoms with Crippen LogP contribution in [0, 0.1) is 6.85 Å². The lowest BCUT2D eigenvalue weighted by Gasteiger charge is -2.19. The van der Waals surface area contributed by atoms with Gasteiger partial charge < -0.3 is 0 Å². The number of rotatable bonds is 2. The molecular formula is C28H20N2. The topological polar surface area (TPSA) is 17.8 Å². The van der Waals surface area contributed by atoms with Gasteiger partial charge in [0.25, 0.3) is 0 Å². The van der Waals surface area contributed by atoms with Crippen molar-refractivity contribution in [3.8, 4) is 16.8 Å². The molecule has 0 saturated carbocycles. The summed E-state index contributed by atoms with van der Waals surface area (Å²) in [5.41, 5.74) is 4.57. The van der Waals surface area contributed by atoms with Crippen LogP contribution in [0.1, 0.15) is 9.94 Å². The second-order valence-corrected chi connectivity index (χ2v) is 7.44. The van der Waals surface area contributed by atoms with Gasteiger partial charge in [0.2, 0.25) is 0 Å². The Balaban J connectivity index is 1.87. The fourth-order valence-corrected chi connectivity index (χ4v) is 4.51. The molecule has 0 aliphatic heterocycles. The van der Waals surface area contributed by atoms with E-state index in [1.807, 2.05) is 71.3 Å². The number of imidazole rings is 1. The van der Waals surface area contributed by atoms with E-state index in [2.05, 4.69) is 41.4 Å². The van der Waals surface area contributed by atoms with Gasteiger partial charge in [-0.3, -0.25) is 4.57 Å². The molecule has 0 bridgehead atoms. The molecule has 0 aliphatic carbocycles. The van der Waals surface area contributed by atoms with E-state index in [1.165, 1.54) is 0 Å². The molecule has 5 aromatic carbocycles. The molecule has 2 nitrogen and oxygen atoms in total. The predicted octanol–water partition coefficient (Wildman–Crippen LogP) is 7.31. The highest BCUT2D eigenvalue weighted by Crippen LogP contribution is 2.41. The third-order valence-electron chi connectivity index (χ3n) is 5.75. The minimum Gasteiger partial charge on any atom is -0.295 e. The number of fused-ring (bicyclic) bond motifs is 3. The Bertz CT molecular complexity index is 1590. The van der Waals surface area contributed by atoms with Crippen molar-refractivity contribution in [2.75, 3.05) is 0 Å². The number of aromatic nitrogens is 2. The fourth-order valence-electron chi connectivity index (χ4n) is 4.51. The van der Waals surface area contributed by atoms with Gasteiger partial charge in [-0.2, -0.15) is 0 Å². The largest absolute Gasteiger partial charge is 0.295 e. The molecule has 0 spiro atoms. The van der Waals surface area contributed by atoms with Crippen molar-refractivity contribution < 1.29 is 4.11 Å². The zero-order valence-corrected chi connectivity index (χ0v) is 16.2. The maximum absolute atomic E-state index is 8.24. The van der Waals surface area contributed by atoms with Gasteiger partial charge in [0.05, 0.1) is 16.7 Å². The smallest absolute Gasteiger partial charge is 0.111 e. The van der Waals surface area contributed by atoms with E-state index in [0.717, 1.165) is 43.9 Å². The van der Waals surface area contributed by atoms with Crippen molar-refractivity contribution in [1.82, 2.24) is 9.55 Å². The summed E-state index contributed by atoms with van der Waals surface area (Å²) in [7, 11) is 0. The zero-order chi connectivity index (χ0) is 22.6. The zero-order valence-electron chi connectivity index (χ0n) is 19.2. The number of nitrogens with zero attached hydrogens (tertiary/aromatic N) is 2. The van der Waals surface area contributed by atoms with Crippen molar-refractivity contribution in [2.24, 2.45) is 0 Å². The highest BCUT2D eigenvalue weighted by Gasteiger charge is 2.18. The second-order valence-electron chi connectivity index (χ2n) is 7.44. The van der Waals surface area contributed by atoms with E-state index in [1.54, 1.807) is 0 Å². The lowest BCUT2D eigenvalue weighted by Crippen LogP contribution is -2.01. The lowest BCUT2D eigenvalue weighted by atomic mass is 9.90. The standard InChI is InChI=1S/C28H20N2/c1-19-29-25-17-9-10-18-26(25)30(19)28-23-15-7-5-13-21(23)27(20-11-3-2-4-12-20)22-14-6-8-16-24(22)28/h2-18H,1H3/i1D3. The van der Waals surface area contributed by atoms with Crippen molar-refractivity contribution in [2.45, 2.75) is 6.85 Å². The molecule has 2 heteroatoms. The van der Waals surface area contributed by atoms with Crippen LogP contribution in [0.5, 0.6) is 0 Å². The molecule has 0 unspecified atom stereocenters. The average molecular weight is 388 g/mol. The maximum Gasteiger partial charge on any atom is 0.111 e. The highest BCUT2D eigenvalue weighted by atomic mass is 15.1. The first kappa shape index (κ1) is 14.1. The normalized spacial score (nSPS) is 13.4. The average Bonchev–Trinajstić information content (AvgIpc) is 3.23. The third-order valence-corrected chi connectivity index (χ3v) is 5.75. The van der Waals surface area contributed by atoms with E-state index in [0.29, 0.717) is 5.52 Å². The van der Waals surface area contributed by atoms with E-state index in [-0.39, 0.29) is 5.82 Å². The number of benzene rings is 5. The van der Waals surface area contributed by atoms with Gasteiger partial charge in [0.1, 0.15) is 5.82 Å². The molecule has 142 valence electrons. The van der Waals surface area contributed by atoms with Crippen molar-refractivity contribution >= 4 is 32.6 Å². The van der Waals surface area contributed by atoms with Gasteiger partial charge in [-0.1, -0.05) is 91.0 Å². The van der Waals surface area contributed by atoms with E-state index in [4.69, 9.17) is 4.11 Å². The fraction of sp³-hybridized carbons (Fsp3) is 0.0357. The summed E-state index contributed by atoms with van der Waals surface area (Å²) >= 11 is 0. The van der Waals surface area contributed by atoms with Crippen LogP contribution < -0.4 is 0 Å². The Kier molecular flexibility index (Phi) is 3.09. The molecule has 6 aromatic rings. The summed E-state index contributed by atoms with van der Waals surface area (Å²) in [4.78, 5) is 4.55. The van der Waals surface area contributed by atoms with E-state index >= 15 is 0 Å². The molecule has 0 saturated heterocycles. The Hall–Kier alpha value is -3.91. The van der Waals surface area contributed by atoms with Crippen LogP contribution in [0.15, 0.2) is 103 Å². The predicted molar refractivity (Wildman–Crippen MR) is 126 cm³/mol. The van der Waals surface area contributed by atoms with Crippen molar-refractivity contribution in [3.05, 3.63) is 109 Å². The van der Waals surface area contributed by atoms with Crippen LogP contribution in [-0.2, 0) is 0 Å². The van der Waals surface area contributed by atoms with Gasteiger partial charge in [-0.05, 0) is 40.9 Å². The number of hydrogen-bond donors (Lipinski definition) is 0. The van der Waals surface area contributed by atoms with Gasteiger partial charge in [-0.25, -0.2) is 4.98 Å². The van der Waals surface area contributed by atoms with Gasteiger partial charge in [0.15, 0.2) is 0 Å². The summed E-state index contributed by atoms with van der Waals surface area (Å²) < 4.78 is 26.6. The quantitative estimate of drug-likeness (QED) is 0.285. The minimum atomic E-state index is -2.36. The van der Waals surface area contributed by atoms with Crippen molar-refractivity contribution in [3.63, 3.8) is 0 Å². The van der Waals surface area contributed by atoms with Gasteiger partial charge in [-0.15, -0.1) is 0 Å². The second kappa shape index (κ2) is 6.57. The van der Waals surface area contributed by atoms with E-state index in [9.17, 15) is 0 Å². The Morgan fingerprint density at radius 3 is 1.87 bits per heavy atom. The Labute approximate surface area is 179 Å². The number of hydrogen-bond acceptors (Lipinski definition) is 1. The summed E-state index contributed by atoms with van der Waals surface area (Å²) in [5.74, 6) is 0.0754. The molecule has 0 fully saturated rings. The first-order valence-corrected chi connectivity index (χ1v) is 10.0. The first-order chi connectivity index (χ1) is 16.0. The Morgan fingerprint density at radius 2 is 1.20 bits per heavy atom. The van der Waals surface area contributed by atoms with Crippen LogP contribution in [0.3, 0.4) is 0 Å². The van der Waals surface area contributed by atoms with Crippen LogP contribution in [-0.4, -0.2) is 9.55 Å². The third kappa shape index (κ3) is 2.40. The minimum absolute atomic E-state index is 0.0754. The van der Waals surface area contributed by atoms with Crippen LogP contribution >= 0.6 is 0 Å². The number of aryl methyl sites for hydroxylation is 1. The number of para-hydroxylation sites is 2. The molecule has 30 heavy (non-hydrogen) atoms. The monoisotopic (exact) mass is 387 g/mol. The first-order valence-electron chi connectivity index (χ1n) is 11.5. The van der Waals surface area contributed by atoms with E-state index < -0.39 is 6.85 Å². The summed E-state index contributed by atoms with van der Waals surface area (Å²) in [6.07, 6.45) is 0. The van der Waals surface area contributed by atoms with Crippen LogP contribution in [0.2, 0.25) is 0 Å². The molecule has 1 heterocycles. The molecule has 1 aromatic heterocycles. The summed E-state index contributed by atoms with van der Waals surface area (Å²) in [6.45, 7) is -2.36. The van der Waals surface area contributed by atoms with Gasteiger partial charge >= 0.3 is 0 Å². The molecule has 0 radical (unpaired) electrons. The van der Waals surface area contributed by atoms with Gasteiger partial charge in [0, 0.05) is 14.9 Å². The SMILES string of the molecule is [2H]C([2H])([2H])c1nc2ccccc2n1-c1c2ccccc2c(-c2ccccc2)c2ccccc12. The van der Waals surface area contributed by atoms with Crippen molar-refractivity contribution in [1.29, 1.82) is 0 Å².